The quantitative estimate of drug-likeness (QED) is 0.692. The van der Waals surface area contributed by atoms with Crippen LogP contribution in [0.25, 0.3) is 0 Å². The highest BCUT2D eigenvalue weighted by Gasteiger charge is 2.00. The number of aliphatic hydroxyl groups excluding tert-OH is 1. The molecule has 0 aromatic carbocycles. The van der Waals surface area contributed by atoms with Crippen molar-refractivity contribution < 1.29 is 9.84 Å². The van der Waals surface area contributed by atoms with Crippen molar-refractivity contribution in [2.45, 2.75) is 6.42 Å². The fourth-order valence-electron chi connectivity index (χ4n) is 0.903. The SMILES string of the molecule is COc1cccnc1CCO. The second kappa shape index (κ2) is 3.93. The maximum absolute atomic E-state index is 8.64. The van der Waals surface area contributed by atoms with Gasteiger partial charge < -0.3 is 9.84 Å². The van der Waals surface area contributed by atoms with Gasteiger partial charge in [0, 0.05) is 19.2 Å². The molecule has 0 fully saturated rings. The van der Waals surface area contributed by atoms with Crippen LogP contribution in [0.5, 0.6) is 5.75 Å². The number of hydrogen-bond donors (Lipinski definition) is 1. The molecule has 11 heavy (non-hydrogen) atoms. The summed E-state index contributed by atoms with van der Waals surface area (Å²) in [6, 6.07) is 3.64. The second-order valence-electron chi connectivity index (χ2n) is 2.13. The minimum atomic E-state index is 0.105. The molecule has 1 aromatic rings. The van der Waals surface area contributed by atoms with E-state index in [1.54, 1.807) is 19.4 Å². The van der Waals surface area contributed by atoms with Crippen molar-refractivity contribution in [1.82, 2.24) is 4.98 Å². The lowest BCUT2D eigenvalue weighted by atomic mass is 10.2. The Bertz CT molecular complexity index is 225. The van der Waals surface area contributed by atoms with Crippen molar-refractivity contribution in [2.75, 3.05) is 13.7 Å². The molecule has 1 heterocycles. The van der Waals surface area contributed by atoms with Crippen molar-refractivity contribution >= 4 is 0 Å². The van der Waals surface area contributed by atoms with Crippen LogP contribution < -0.4 is 4.74 Å². The molecule has 0 saturated carbocycles. The van der Waals surface area contributed by atoms with E-state index in [9.17, 15) is 0 Å². The minimum Gasteiger partial charge on any atom is -0.495 e. The molecule has 1 rings (SSSR count). The molecule has 60 valence electrons. The third-order valence-corrected chi connectivity index (χ3v) is 1.42. The molecular formula is C8H11NO2. The monoisotopic (exact) mass is 153 g/mol. The average molecular weight is 153 g/mol. The number of methoxy groups -OCH3 is 1. The highest BCUT2D eigenvalue weighted by molar-refractivity contribution is 5.26. The first kappa shape index (κ1) is 8.01. The molecule has 0 spiro atoms. The highest BCUT2D eigenvalue weighted by Crippen LogP contribution is 2.13. The largest absolute Gasteiger partial charge is 0.495 e. The van der Waals surface area contributed by atoms with E-state index < -0.39 is 0 Å². The van der Waals surface area contributed by atoms with Gasteiger partial charge in [-0.15, -0.1) is 0 Å². The molecule has 0 bridgehead atoms. The number of hydrogen-bond acceptors (Lipinski definition) is 3. The lowest BCUT2D eigenvalue weighted by molar-refractivity contribution is 0.295. The topological polar surface area (TPSA) is 42.4 Å². The molecule has 0 aliphatic rings. The van der Waals surface area contributed by atoms with Crippen LogP contribution in [0.15, 0.2) is 18.3 Å². The normalized spacial score (nSPS) is 9.64. The Balaban J connectivity index is 2.83. The van der Waals surface area contributed by atoms with E-state index in [0.717, 1.165) is 11.4 Å². The van der Waals surface area contributed by atoms with Gasteiger partial charge in [0.25, 0.3) is 0 Å². The van der Waals surface area contributed by atoms with Gasteiger partial charge in [0.1, 0.15) is 5.75 Å². The molecule has 0 unspecified atom stereocenters. The molecule has 0 aliphatic carbocycles. The Hall–Kier alpha value is -1.09. The smallest absolute Gasteiger partial charge is 0.140 e. The van der Waals surface area contributed by atoms with Crippen LogP contribution in [0.3, 0.4) is 0 Å². The van der Waals surface area contributed by atoms with Crippen LogP contribution >= 0.6 is 0 Å². The van der Waals surface area contributed by atoms with Crippen molar-refractivity contribution in [3.05, 3.63) is 24.0 Å². The molecule has 0 atom stereocenters. The van der Waals surface area contributed by atoms with Gasteiger partial charge in [-0.2, -0.15) is 0 Å². The van der Waals surface area contributed by atoms with Gasteiger partial charge in [0.2, 0.25) is 0 Å². The zero-order valence-electron chi connectivity index (χ0n) is 6.45. The predicted molar refractivity (Wildman–Crippen MR) is 41.6 cm³/mol. The van der Waals surface area contributed by atoms with Crippen LogP contribution in [-0.2, 0) is 6.42 Å². The second-order valence-corrected chi connectivity index (χ2v) is 2.13. The third kappa shape index (κ3) is 1.91. The lowest BCUT2D eigenvalue weighted by Gasteiger charge is -2.03. The average Bonchev–Trinajstić information content (AvgIpc) is 2.06. The molecule has 0 amide bonds. The van der Waals surface area contributed by atoms with E-state index in [1.807, 2.05) is 6.07 Å². The van der Waals surface area contributed by atoms with E-state index in [0.29, 0.717) is 6.42 Å². The maximum atomic E-state index is 8.64. The molecule has 0 radical (unpaired) electrons. The lowest BCUT2D eigenvalue weighted by Crippen LogP contribution is -1.97. The summed E-state index contributed by atoms with van der Waals surface area (Å²) in [4.78, 5) is 4.05. The Morgan fingerprint density at radius 2 is 2.45 bits per heavy atom. The summed E-state index contributed by atoms with van der Waals surface area (Å²) in [5, 5.41) is 8.64. The van der Waals surface area contributed by atoms with Gasteiger partial charge in [-0.25, -0.2) is 0 Å². The summed E-state index contributed by atoms with van der Waals surface area (Å²) in [5.41, 5.74) is 0.803. The van der Waals surface area contributed by atoms with E-state index in [1.165, 1.54) is 0 Å². The Labute approximate surface area is 65.7 Å². The van der Waals surface area contributed by atoms with Crippen LogP contribution in [0.4, 0.5) is 0 Å². The van der Waals surface area contributed by atoms with E-state index in [-0.39, 0.29) is 6.61 Å². The first-order valence-electron chi connectivity index (χ1n) is 3.47. The Morgan fingerprint density at radius 3 is 3.09 bits per heavy atom. The zero-order chi connectivity index (χ0) is 8.10. The van der Waals surface area contributed by atoms with E-state index >= 15 is 0 Å². The Morgan fingerprint density at radius 1 is 1.64 bits per heavy atom. The Kier molecular flexibility index (Phi) is 2.86. The van der Waals surface area contributed by atoms with Crippen molar-refractivity contribution in [3.63, 3.8) is 0 Å². The summed E-state index contributed by atoms with van der Waals surface area (Å²) in [7, 11) is 1.60. The maximum Gasteiger partial charge on any atom is 0.140 e. The summed E-state index contributed by atoms with van der Waals surface area (Å²) in [6.45, 7) is 0.105. The predicted octanol–water partition coefficient (Wildman–Crippen LogP) is 0.625. The van der Waals surface area contributed by atoms with E-state index in [2.05, 4.69) is 4.98 Å². The molecule has 3 nitrogen and oxygen atoms in total. The number of rotatable bonds is 3. The number of aromatic nitrogens is 1. The fraction of sp³-hybridized carbons (Fsp3) is 0.375. The standard InChI is InChI=1S/C8H11NO2/c1-11-8-3-2-5-9-7(8)4-6-10/h2-3,5,10H,4,6H2,1H3. The van der Waals surface area contributed by atoms with Gasteiger partial charge in [0.05, 0.1) is 12.8 Å². The third-order valence-electron chi connectivity index (χ3n) is 1.42. The minimum absolute atomic E-state index is 0.105. The van der Waals surface area contributed by atoms with Crippen LogP contribution in [-0.4, -0.2) is 23.8 Å². The first-order chi connectivity index (χ1) is 5.38. The summed E-state index contributed by atoms with van der Waals surface area (Å²) < 4.78 is 5.02. The summed E-state index contributed by atoms with van der Waals surface area (Å²) in [5.74, 6) is 0.738. The highest BCUT2D eigenvalue weighted by atomic mass is 16.5. The van der Waals surface area contributed by atoms with Gasteiger partial charge >= 0.3 is 0 Å². The molecule has 1 N–H and O–H groups in total. The molecule has 1 aromatic heterocycles. The zero-order valence-corrected chi connectivity index (χ0v) is 6.45. The summed E-state index contributed by atoms with van der Waals surface area (Å²) in [6.07, 6.45) is 2.23. The van der Waals surface area contributed by atoms with Gasteiger partial charge in [-0.05, 0) is 12.1 Å². The van der Waals surface area contributed by atoms with Crippen LogP contribution in [0, 0.1) is 0 Å². The van der Waals surface area contributed by atoms with Gasteiger partial charge in [0.15, 0.2) is 0 Å². The molecule has 0 saturated heterocycles. The van der Waals surface area contributed by atoms with Crippen LogP contribution in [0.2, 0.25) is 0 Å². The number of nitrogens with zero attached hydrogens (tertiary/aromatic N) is 1. The van der Waals surface area contributed by atoms with Gasteiger partial charge in [-0.3, -0.25) is 4.98 Å². The number of ether oxygens (including phenoxy) is 1. The molecule has 3 heteroatoms. The van der Waals surface area contributed by atoms with Crippen LogP contribution in [0.1, 0.15) is 5.69 Å². The van der Waals surface area contributed by atoms with Crippen molar-refractivity contribution in [3.8, 4) is 5.75 Å². The first-order valence-corrected chi connectivity index (χ1v) is 3.47. The number of aliphatic hydroxyl groups is 1. The molecular weight excluding hydrogens is 142 g/mol. The fourth-order valence-corrected chi connectivity index (χ4v) is 0.903. The molecule has 0 aliphatic heterocycles. The summed E-state index contributed by atoms with van der Waals surface area (Å²) >= 11 is 0. The van der Waals surface area contributed by atoms with Crippen molar-refractivity contribution in [1.29, 1.82) is 0 Å². The number of pyridine rings is 1. The van der Waals surface area contributed by atoms with E-state index in [4.69, 9.17) is 9.84 Å². The van der Waals surface area contributed by atoms with Gasteiger partial charge in [-0.1, -0.05) is 0 Å². The van der Waals surface area contributed by atoms with Crippen molar-refractivity contribution in [2.24, 2.45) is 0 Å².